The van der Waals surface area contributed by atoms with Crippen molar-refractivity contribution in [2.24, 2.45) is 0 Å². The van der Waals surface area contributed by atoms with Crippen molar-refractivity contribution in [3.8, 4) is 11.8 Å². The minimum atomic E-state index is -0.517. The Labute approximate surface area is 131 Å². The molecule has 21 heavy (non-hydrogen) atoms. The van der Waals surface area contributed by atoms with E-state index in [1.165, 1.54) is 11.6 Å². The monoisotopic (exact) mass is 345 g/mol. The van der Waals surface area contributed by atoms with Gasteiger partial charge in [0, 0.05) is 0 Å². The fourth-order valence-corrected chi connectivity index (χ4v) is 3.11. The molecule has 1 aliphatic rings. The number of halogens is 2. The van der Waals surface area contributed by atoms with E-state index in [1.54, 1.807) is 6.07 Å². The number of hydrogen-bond acceptors (Lipinski definition) is 2. The lowest BCUT2D eigenvalue weighted by atomic mass is 9.89. The summed E-state index contributed by atoms with van der Waals surface area (Å²) >= 11 is 3.11. The molecular formula is C17H13BrFNO. The van der Waals surface area contributed by atoms with Crippen molar-refractivity contribution in [2.45, 2.75) is 25.4 Å². The van der Waals surface area contributed by atoms with Crippen LogP contribution >= 0.6 is 15.9 Å². The molecule has 1 aliphatic carbocycles. The minimum Gasteiger partial charge on any atom is -0.483 e. The van der Waals surface area contributed by atoms with Crippen LogP contribution in [-0.2, 0) is 6.42 Å². The second-order valence-corrected chi connectivity index (χ2v) is 5.84. The van der Waals surface area contributed by atoms with E-state index in [-0.39, 0.29) is 21.9 Å². The summed E-state index contributed by atoms with van der Waals surface area (Å²) < 4.78 is 20.3. The van der Waals surface area contributed by atoms with Gasteiger partial charge in [-0.25, -0.2) is 4.39 Å². The van der Waals surface area contributed by atoms with E-state index in [4.69, 9.17) is 10.00 Å². The van der Waals surface area contributed by atoms with Gasteiger partial charge in [0.15, 0.2) is 11.6 Å². The summed E-state index contributed by atoms with van der Waals surface area (Å²) in [6.45, 7) is 0. The lowest BCUT2D eigenvalue weighted by Gasteiger charge is -2.26. The standard InChI is InChI=1S/C17H13BrFNO/c18-16-12(10-20)8-9-15(17(16)19)21-14-7-3-5-11-4-1-2-6-13(11)14/h1-2,4,6,8-9,14H,3,5,7H2. The van der Waals surface area contributed by atoms with Crippen molar-refractivity contribution in [1.29, 1.82) is 5.26 Å². The third-order valence-corrected chi connectivity index (χ3v) is 4.53. The first kappa shape index (κ1) is 14.1. The van der Waals surface area contributed by atoms with Crippen LogP contribution in [0.15, 0.2) is 40.9 Å². The summed E-state index contributed by atoms with van der Waals surface area (Å²) in [5.74, 6) is -0.334. The Bertz CT molecular complexity index is 723. The topological polar surface area (TPSA) is 33.0 Å². The van der Waals surface area contributed by atoms with E-state index < -0.39 is 5.82 Å². The van der Waals surface area contributed by atoms with Gasteiger partial charge >= 0.3 is 0 Å². The molecule has 0 spiro atoms. The van der Waals surface area contributed by atoms with Crippen LogP contribution in [0.1, 0.15) is 35.6 Å². The molecule has 0 N–H and O–H groups in total. The molecule has 0 amide bonds. The molecule has 2 nitrogen and oxygen atoms in total. The van der Waals surface area contributed by atoms with Gasteiger partial charge in [-0.1, -0.05) is 24.3 Å². The number of rotatable bonds is 2. The fraction of sp³-hybridized carbons (Fsp3) is 0.235. The molecule has 0 aliphatic heterocycles. The van der Waals surface area contributed by atoms with Gasteiger partial charge in [0.2, 0.25) is 0 Å². The van der Waals surface area contributed by atoms with Crippen molar-refractivity contribution in [2.75, 3.05) is 0 Å². The molecule has 2 aromatic rings. The number of fused-ring (bicyclic) bond motifs is 1. The Morgan fingerprint density at radius 1 is 1.24 bits per heavy atom. The molecule has 1 atom stereocenters. The van der Waals surface area contributed by atoms with Crippen LogP contribution in [0.4, 0.5) is 4.39 Å². The molecule has 0 fully saturated rings. The summed E-state index contributed by atoms with van der Waals surface area (Å²) in [6, 6.07) is 13.2. The highest BCUT2D eigenvalue weighted by Gasteiger charge is 2.23. The third-order valence-electron chi connectivity index (χ3n) is 3.75. The summed E-state index contributed by atoms with van der Waals surface area (Å²) in [7, 11) is 0. The summed E-state index contributed by atoms with van der Waals surface area (Å²) in [4.78, 5) is 0. The lowest BCUT2D eigenvalue weighted by molar-refractivity contribution is 0.175. The van der Waals surface area contributed by atoms with Gasteiger partial charge in [0.1, 0.15) is 12.2 Å². The Balaban J connectivity index is 1.92. The van der Waals surface area contributed by atoms with Crippen LogP contribution in [0, 0.1) is 17.1 Å². The van der Waals surface area contributed by atoms with E-state index in [0.717, 1.165) is 24.8 Å². The molecule has 3 rings (SSSR count). The van der Waals surface area contributed by atoms with Crippen molar-refractivity contribution < 1.29 is 9.13 Å². The maximum absolute atomic E-state index is 14.3. The van der Waals surface area contributed by atoms with Crippen LogP contribution in [0.5, 0.6) is 5.75 Å². The first-order valence-corrected chi connectivity index (χ1v) is 7.62. The summed E-state index contributed by atoms with van der Waals surface area (Å²) in [5.41, 5.74) is 2.66. The number of nitrogens with zero attached hydrogens (tertiary/aromatic N) is 1. The molecule has 0 heterocycles. The van der Waals surface area contributed by atoms with Gasteiger partial charge in [-0.05, 0) is 58.5 Å². The van der Waals surface area contributed by atoms with Crippen LogP contribution in [-0.4, -0.2) is 0 Å². The highest BCUT2D eigenvalue weighted by Crippen LogP contribution is 2.36. The molecule has 4 heteroatoms. The molecule has 0 bridgehead atoms. The highest BCUT2D eigenvalue weighted by atomic mass is 79.9. The lowest BCUT2D eigenvalue weighted by Crippen LogP contribution is -2.15. The van der Waals surface area contributed by atoms with Gasteiger partial charge < -0.3 is 4.74 Å². The molecule has 0 aromatic heterocycles. The number of aryl methyl sites for hydroxylation is 1. The molecular weight excluding hydrogens is 333 g/mol. The Morgan fingerprint density at radius 2 is 2.05 bits per heavy atom. The van der Waals surface area contributed by atoms with Crippen LogP contribution in [0.2, 0.25) is 0 Å². The number of hydrogen-bond donors (Lipinski definition) is 0. The first-order chi connectivity index (χ1) is 10.2. The SMILES string of the molecule is N#Cc1ccc(OC2CCCc3ccccc32)c(F)c1Br. The third kappa shape index (κ3) is 2.66. The molecule has 0 saturated carbocycles. The average molecular weight is 346 g/mol. The Hall–Kier alpha value is -1.86. The predicted molar refractivity (Wildman–Crippen MR) is 81.6 cm³/mol. The van der Waals surface area contributed by atoms with Crippen molar-refractivity contribution in [3.05, 3.63) is 63.4 Å². The molecule has 0 saturated heterocycles. The van der Waals surface area contributed by atoms with E-state index in [9.17, 15) is 4.39 Å². The zero-order chi connectivity index (χ0) is 14.8. The largest absolute Gasteiger partial charge is 0.483 e. The molecule has 0 radical (unpaired) electrons. The number of benzene rings is 2. The zero-order valence-electron chi connectivity index (χ0n) is 11.3. The Morgan fingerprint density at radius 3 is 2.86 bits per heavy atom. The fourth-order valence-electron chi connectivity index (χ4n) is 2.69. The number of nitriles is 1. The van der Waals surface area contributed by atoms with Gasteiger partial charge in [-0.2, -0.15) is 5.26 Å². The number of ether oxygens (including phenoxy) is 1. The van der Waals surface area contributed by atoms with E-state index in [0.29, 0.717) is 0 Å². The average Bonchev–Trinajstić information content (AvgIpc) is 2.52. The van der Waals surface area contributed by atoms with Gasteiger partial charge in [-0.3, -0.25) is 0 Å². The van der Waals surface area contributed by atoms with Crippen molar-refractivity contribution in [1.82, 2.24) is 0 Å². The zero-order valence-corrected chi connectivity index (χ0v) is 12.9. The first-order valence-electron chi connectivity index (χ1n) is 6.83. The normalized spacial score (nSPS) is 16.9. The second kappa shape index (κ2) is 5.87. The van der Waals surface area contributed by atoms with Gasteiger partial charge in [-0.15, -0.1) is 0 Å². The van der Waals surface area contributed by atoms with Gasteiger partial charge in [0.05, 0.1) is 10.0 Å². The van der Waals surface area contributed by atoms with Crippen molar-refractivity contribution in [3.63, 3.8) is 0 Å². The molecule has 106 valence electrons. The second-order valence-electron chi connectivity index (χ2n) is 5.05. The van der Waals surface area contributed by atoms with E-state index >= 15 is 0 Å². The maximum atomic E-state index is 14.3. The van der Waals surface area contributed by atoms with Crippen LogP contribution in [0.25, 0.3) is 0 Å². The smallest absolute Gasteiger partial charge is 0.180 e. The van der Waals surface area contributed by atoms with E-state index in [1.807, 2.05) is 24.3 Å². The van der Waals surface area contributed by atoms with Crippen LogP contribution < -0.4 is 4.74 Å². The highest BCUT2D eigenvalue weighted by molar-refractivity contribution is 9.10. The van der Waals surface area contributed by atoms with Crippen LogP contribution in [0.3, 0.4) is 0 Å². The molecule has 1 unspecified atom stereocenters. The van der Waals surface area contributed by atoms with Crippen molar-refractivity contribution >= 4 is 15.9 Å². The maximum Gasteiger partial charge on any atom is 0.180 e. The minimum absolute atomic E-state index is 0.135. The predicted octanol–water partition coefficient (Wildman–Crippen LogP) is 4.92. The van der Waals surface area contributed by atoms with E-state index in [2.05, 4.69) is 22.0 Å². The van der Waals surface area contributed by atoms with Gasteiger partial charge in [0.25, 0.3) is 0 Å². The quantitative estimate of drug-likeness (QED) is 0.774. The summed E-state index contributed by atoms with van der Waals surface area (Å²) in [6.07, 6.45) is 2.80. The Kier molecular flexibility index (Phi) is 3.94. The summed E-state index contributed by atoms with van der Waals surface area (Å²) in [5, 5.41) is 8.90. The molecule has 2 aromatic carbocycles.